The summed E-state index contributed by atoms with van der Waals surface area (Å²) >= 11 is 1.60. The smallest absolute Gasteiger partial charge is 0.221 e. The number of aromatic nitrogens is 2. The first-order chi connectivity index (χ1) is 7.44. The molecule has 0 amide bonds. The molecule has 0 saturated heterocycles. The van der Waals surface area contributed by atoms with Crippen molar-refractivity contribution in [2.75, 3.05) is 29.6 Å². The lowest BCUT2D eigenvalue weighted by Crippen LogP contribution is -2.36. The molecule has 0 fully saturated rings. The third-order valence-electron chi connectivity index (χ3n) is 2.08. The zero-order valence-corrected chi connectivity index (χ0v) is 10.6. The van der Waals surface area contributed by atoms with Crippen LogP contribution < -0.4 is 11.1 Å². The number of nitrogens with one attached hydrogen (secondary N) is 1. The van der Waals surface area contributed by atoms with E-state index in [9.17, 15) is 5.11 Å². The molecule has 1 heterocycles. The van der Waals surface area contributed by atoms with E-state index in [4.69, 9.17) is 5.73 Å². The predicted molar refractivity (Wildman–Crippen MR) is 68.7 cm³/mol. The summed E-state index contributed by atoms with van der Waals surface area (Å²) in [6.07, 6.45) is 3.62. The van der Waals surface area contributed by atoms with Crippen LogP contribution in [0.2, 0.25) is 0 Å². The fourth-order valence-electron chi connectivity index (χ4n) is 1.27. The van der Waals surface area contributed by atoms with Crippen molar-refractivity contribution in [2.24, 2.45) is 0 Å². The molecule has 0 saturated carbocycles. The van der Waals surface area contributed by atoms with Crippen LogP contribution >= 0.6 is 11.8 Å². The molecule has 0 aromatic carbocycles. The Morgan fingerprint density at radius 1 is 1.62 bits per heavy atom. The maximum absolute atomic E-state index is 9.98. The van der Waals surface area contributed by atoms with Gasteiger partial charge in [0.15, 0.2) is 0 Å². The topological polar surface area (TPSA) is 84.1 Å². The van der Waals surface area contributed by atoms with Crippen LogP contribution in [0.5, 0.6) is 0 Å². The van der Waals surface area contributed by atoms with Gasteiger partial charge in [-0.2, -0.15) is 16.7 Å². The molecular formula is C10H18N4OS. The van der Waals surface area contributed by atoms with Gasteiger partial charge in [0.2, 0.25) is 5.95 Å². The molecule has 4 N–H and O–H groups in total. The molecule has 90 valence electrons. The molecule has 16 heavy (non-hydrogen) atoms. The summed E-state index contributed by atoms with van der Waals surface area (Å²) in [6.45, 7) is 4.12. The molecular weight excluding hydrogens is 224 g/mol. The number of nitrogens with two attached hydrogens (primary N) is 1. The maximum atomic E-state index is 9.98. The number of anilines is 2. The summed E-state index contributed by atoms with van der Waals surface area (Å²) in [4.78, 5) is 7.95. The monoisotopic (exact) mass is 242 g/mol. The standard InChI is InChI=1S/C10H18N4OS/c1-7-4-12-9(11)14-8(7)13-5-10(2,15)6-16-3/h4,15H,5-6H2,1-3H3,(H3,11,12,13,14). The number of rotatable bonds is 5. The first kappa shape index (κ1) is 13.1. The summed E-state index contributed by atoms with van der Waals surface area (Å²) in [5.41, 5.74) is 5.65. The molecule has 6 heteroatoms. The van der Waals surface area contributed by atoms with Crippen LogP contribution in [-0.2, 0) is 0 Å². The minimum absolute atomic E-state index is 0.234. The highest BCUT2D eigenvalue weighted by Gasteiger charge is 2.19. The van der Waals surface area contributed by atoms with Crippen molar-refractivity contribution < 1.29 is 5.11 Å². The lowest BCUT2D eigenvalue weighted by Gasteiger charge is -2.23. The number of aryl methyl sites for hydroxylation is 1. The van der Waals surface area contributed by atoms with E-state index in [0.29, 0.717) is 18.1 Å². The number of hydrogen-bond donors (Lipinski definition) is 3. The fourth-order valence-corrected chi connectivity index (χ4v) is 1.99. The lowest BCUT2D eigenvalue weighted by atomic mass is 10.1. The largest absolute Gasteiger partial charge is 0.387 e. The zero-order valence-electron chi connectivity index (χ0n) is 9.82. The first-order valence-corrected chi connectivity index (χ1v) is 6.38. The van der Waals surface area contributed by atoms with Crippen molar-refractivity contribution in [1.82, 2.24) is 9.97 Å². The van der Waals surface area contributed by atoms with Crippen molar-refractivity contribution in [2.45, 2.75) is 19.4 Å². The SMILES string of the molecule is CSCC(C)(O)CNc1nc(N)ncc1C. The van der Waals surface area contributed by atoms with E-state index in [1.54, 1.807) is 24.9 Å². The summed E-state index contributed by atoms with van der Waals surface area (Å²) in [6, 6.07) is 0. The second-order valence-corrected chi connectivity index (χ2v) is 4.91. The van der Waals surface area contributed by atoms with Crippen LogP contribution in [0.3, 0.4) is 0 Å². The zero-order chi connectivity index (χ0) is 12.2. The quantitative estimate of drug-likeness (QED) is 0.711. The van der Waals surface area contributed by atoms with Gasteiger partial charge in [0.05, 0.1) is 5.60 Å². The highest BCUT2D eigenvalue weighted by Crippen LogP contribution is 2.15. The normalized spacial score (nSPS) is 14.5. The molecule has 1 aromatic heterocycles. The first-order valence-electron chi connectivity index (χ1n) is 4.99. The molecule has 0 radical (unpaired) electrons. The summed E-state index contributed by atoms with van der Waals surface area (Å²) in [5, 5.41) is 13.1. The molecule has 1 unspecified atom stereocenters. The molecule has 0 spiro atoms. The number of thioether (sulfide) groups is 1. The number of aliphatic hydroxyl groups is 1. The van der Waals surface area contributed by atoms with E-state index in [1.807, 2.05) is 13.2 Å². The highest BCUT2D eigenvalue weighted by atomic mass is 32.2. The lowest BCUT2D eigenvalue weighted by molar-refractivity contribution is 0.0996. The van der Waals surface area contributed by atoms with Crippen LogP contribution in [0, 0.1) is 6.92 Å². The van der Waals surface area contributed by atoms with Gasteiger partial charge in [-0.25, -0.2) is 4.98 Å². The Morgan fingerprint density at radius 3 is 2.94 bits per heavy atom. The van der Waals surface area contributed by atoms with E-state index < -0.39 is 5.60 Å². The van der Waals surface area contributed by atoms with Gasteiger partial charge in [-0.15, -0.1) is 0 Å². The molecule has 5 nitrogen and oxygen atoms in total. The van der Waals surface area contributed by atoms with Crippen LogP contribution in [-0.4, -0.2) is 39.2 Å². The summed E-state index contributed by atoms with van der Waals surface area (Å²) < 4.78 is 0. The number of nitrogen functional groups attached to an aromatic ring is 1. The Morgan fingerprint density at radius 2 is 2.31 bits per heavy atom. The van der Waals surface area contributed by atoms with Crippen molar-refractivity contribution >= 4 is 23.5 Å². The molecule has 0 aliphatic rings. The van der Waals surface area contributed by atoms with Crippen LogP contribution in [0.15, 0.2) is 6.20 Å². The van der Waals surface area contributed by atoms with Gasteiger partial charge in [0.25, 0.3) is 0 Å². The van der Waals surface area contributed by atoms with E-state index in [0.717, 1.165) is 5.56 Å². The third-order valence-corrected chi connectivity index (χ3v) is 2.99. The third kappa shape index (κ3) is 3.86. The van der Waals surface area contributed by atoms with Gasteiger partial charge < -0.3 is 16.2 Å². The summed E-state index contributed by atoms with van der Waals surface area (Å²) in [5.74, 6) is 1.58. The minimum atomic E-state index is -0.758. The Labute approximate surface area is 99.9 Å². The van der Waals surface area contributed by atoms with Gasteiger partial charge in [-0.05, 0) is 20.1 Å². The van der Waals surface area contributed by atoms with Gasteiger partial charge >= 0.3 is 0 Å². The summed E-state index contributed by atoms with van der Waals surface area (Å²) in [7, 11) is 0. The van der Waals surface area contributed by atoms with Crippen molar-refractivity contribution in [3.63, 3.8) is 0 Å². The van der Waals surface area contributed by atoms with Gasteiger partial charge in [-0.3, -0.25) is 0 Å². The fraction of sp³-hybridized carbons (Fsp3) is 0.600. The van der Waals surface area contributed by atoms with Gasteiger partial charge in [0, 0.05) is 24.1 Å². The molecule has 1 atom stereocenters. The average Bonchev–Trinajstić information content (AvgIpc) is 2.19. The molecule has 0 aliphatic carbocycles. The Hall–Kier alpha value is -1.01. The number of nitrogens with zero attached hydrogens (tertiary/aromatic N) is 2. The van der Waals surface area contributed by atoms with E-state index in [-0.39, 0.29) is 5.95 Å². The predicted octanol–water partition coefficient (Wildman–Crippen LogP) is 0.893. The second kappa shape index (κ2) is 5.36. The van der Waals surface area contributed by atoms with Gasteiger partial charge in [0.1, 0.15) is 5.82 Å². The molecule has 0 aliphatic heterocycles. The van der Waals surface area contributed by atoms with Crippen LogP contribution in [0.1, 0.15) is 12.5 Å². The Kier molecular flexibility index (Phi) is 4.37. The molecule has 1 rings (SSSR count). The van der Waals surface area contributed by atoms with Crippen molar-refractivity contribution in [3.8, 4) is 0 Å². The van der Waals surface area contributed by atoms with Gasteiger partial charge in [-0.1, -0.05) is 0 Å². The Balaban J connectivity index is 2.63. The van der Waals surface area contributed by atoms with E-state index in [1.165, 1.54) is 0 Å². The highest BCUT2D eigenvalue weighted by molar-refractivity contribution is 7.98. The van der Waals surface area contributed by atoms with E-state index >= 15 is 0 Å². The molecule has 1 aromatic rings. The second-order valence-electron chi connectivity index (χ2n) is 4.04. The van der Waals surface area contributed by atoms with Crippen molar-refractivity contribution in [3.05, 3.63) is 11.8 Å². The van der Waals surface area contributed by atoms with Crippen molar-refractivity contribution in [1.29, 1.82) is 0 Å². The van der Waals surface area contributed by atoms with Crippen LogP contribution in [0.25, 0.3) is 0 Å². The minimum Gasteiger partial charge on any atom is -0.387 e. The van der Waals surface area contributed by atoms with E-state index in [2.05, 4.69) is 15.3 Å². The average molecular weight is 242 g/mol. The maximum Gasteiger partial charge on any atom is 0.221 e. The molecule has 0 bridgehead atoms. The number of hydrogen-bond acceptors (Lipinski definition) is 6. The Bertz CT molecular complexity index is 357. The van der Waals surface area contributed by atoms with Crippen LogP contribution in [0.4, 0.5) is 11.8 Å².